The van der Waals surface area contributed by atoms with Crippen LogP contribution >= 0.6 is 0 Å². The van der Waals surface area contributed by atoms with Gasteiger partial charge in [0.2, 0.25) is 0 Å². The number of benzene rings is 1. The van der Waals surface area contributed by atoms with Gasteiger partial charge < -0.3 is 5.11 Å². The van der Waals surface area contributed by atoms with Crippen molar-refractivity contribution in [3.63, 3.8) is 0 Å². The Bertz CT molecular complexity index is 181. The van der Waals surface area contributed by atoms with E-state index < -0.39 is 0 Å². The molecule has 0 aromatic heterocycles. The van der Waals surface area contributed by atoms with E-state index in [4.69, 9.17) is 5.11 Å². The van der Waals surface area contributed by atoms with Gasteiger partial charge in [-0.05, 0) is 17.7 Å². The van der Waals surface area contributed by atoms with E-state index in [9.17, 15) is 4.39 Å². The minimum absolute atomic E-state index is 0. The Balaban J connectivity index is 0.000000810. The van der Waals surface area contributed by atoms with Crippen LogP contribution in [0.15, 0.2) is 24.3 Å². The molecular formula is C8H11FO. The van der Waals surface area contributed by atoms with E-state index >= 15 is 0 Å². The topological polar surface area (TPSA) is 20.2 Å². The molecule has 1 N–H and O–H groups in total. The maximum absolute atomic E-state index is 12.1. The average Bonchev–Trinajstić information content (AvgIpc) is 1.90. The normalized spacial score (nSPS) is 8.60. The van der Waals surface area contributed by atoms with Gasteiger partial charge in [0.15, 0.2) is 0 Å². The van der Waals surface area contributed by atoms with Crippen LogP contribution in [0.2, 0.25) is 0 Å². The van der Waals surface area contributed by atoms with Crippen LogP contribution in [0.5, 0.6) is 0 Å². The van der Waals surface area contributed by atoms with Gasteiger partial charge in [-0.3, -0.25) is 0 Å². The lowest BCUT2D eigenvalue weighted by molar-refractivity contribution is 0.281. The number of hydrogen-bond donors (Lipinski definition) is 1. The molecular weight excluding hydrogens is 131 g/mol. The first-order valence-corrected chi connectivity index (χ1v) is 2.68. The van der Waals surface area contributed by atoms with E-state index in [1.807, 2.05) is 0 Å². The summed E-state index contributed by atoms with van der Waals surface area (Å²) in [5.74, 6) is -0.271. The molecule has 0 spiro atoms. The second-order valence-corrected chi connectivity index (χ2v) is 1.78. The van der Waals surface area contributed by atoms with E-state index in [2.05, 4.69) is 0 Å². The van der Waals surface area contributed by atoms with E-state index in [0.717, 1.165) is 5.56 Å². The zero-order valence-electron chi connectivity index (χ0n) is 4.84. The van der Waals surface area contributed by atoms with Gasteiger partial charge in [-0.15, -0.1) is 0 Å². The number of hydrogen-bond acceptors (Lipinski definition) is 1. The summed E-state index contributed by atoms with van der Waals surface area (Å²) < 4.78 is 12.1. The van der Waals surface area contributed by atoms with Crippen molar-refractivity contribution in [2.45, 2.75) is 14.0 Å². The zero-order valence-corrected chi connectivity index (χ0v) is 4.84. The predicted octanol–water partition coefficient (Wildman–Crippen LogP) is 1.95. The van der Waals surface area contributed by atoms with Crippen molar-refractivity contribution in [2.24, 2.45) is 0 Å². The number of halogens is 1. The Hall–Kier alpha value is -0.890. The summed E-state index contributed by atoms with van der Waals surface area (Å²) in [7, 11) is 0. The van der Waals surface area contributed by atoms with Gasteiger partial charge in [-0.1, -0.05) is 19.6 Å². The molecule has 56 valence electrons. The molecule has 0 atom stereocenters. The Morgan fingerprint density at radius 2 is 1.70 bits per heavy atom. The molecule has 1 nitrogen and oxygen atoms in total. The molecule has 0 bridgehead atoms. The van der Waals surface area contributed by atoms with Crippen molar-refractivity contribution in [3.05, 3.63) is 35.6 Å². The number of rotatable bonds is 1. The first-order valence-electron chi connectivity index (χ1n) is 2.68. The van der Waals surface area contributed by atoms with Crippen molar-refractivity contribution in [1.29, 1.82) is 0 Å². The highest BCUT2D eigenvalue weighted by Crippen LogP contribution is 2.00. The lowest BCUT2D eigenvalue weighted by atomic mass is 10.2. The fraction of sp³-hybridized carbons (Fsp3) is 0.250. The van der Waals surface area contributed by atoms with Crippen molar-refractivity contribution in [2.75, 3.05) is 0 Å². The predicted molar refractivity (Wildman–Crippen MR) is 39.1 cm³/mol. The Morgan fingerprint density at radius 3 is 2.10 bits per heavy atom. The van der Waals surface area contributed by atoms with Crippen molar-refractivity contribution >= 4 is 0 Å². The second-order valence-electron chi connectivity index (χ2n) is 1.78. The van der Waals surface area contributed by atoms with Crippen LogP contribution in [0.3, 0.4) is 0 Å². The van der Waals surface area contributed by atoms with Crippen LogP contribution in [0.25, 0.3) is 0 Å². The third-order valence-corrected chi connectivity index (χ3v) is 1.10. The smallest absolute Gasteiger partial charge is 0.123 e. The number of aliphatic hydroxyl groups is 1. The first kappa shape index (κ1) is 9.11. The summed E-state index contributed by atoms with van der Waals surface area (Å²) in [5.41, 5.74) is 0.733. The molecule has 2 heteroatoms. The van der Waals surface area contributed by atoms with Crippen molar-refractivity contribution in [1.82, 2.24) is 0 Å². The number of aliphatic hydroxyl groups excluding tert-OH is 1. The Kier molecular flexibility index (Phi) is 3.65. The zero-order chi connectivity index (χ0) is 6.69. The van der Waals surface area contributed by atoms with Crippen LogP contribution in [0.1, 0.15) is 13.0 Å². The van der Waals surface area contributed by atoms with Crippen molar-refractivity contribution in [3.8, 4) is 0 Å². The molecule has 0 amide bonds. The van der Waals surface area contributed by atoms with Crippen LogP contribution < -0.4 is 0 Å². The summed E-state index contributed by atoms with van der Waals surface area (Å²) in [4.78, 5) is 0. The van der Waals surface area contributed by atoms with Gasteiger partial charge in [0.1, 0.15) is 5.82 Å². The van der Waals surface area contributed by atoms with Gasteiger partial charge >= 0.3 is 0 Å². The van der Waals surface area contributed by atoms with Crippen LogP contribution in [0.4, 0.5) is 4.39 Å². The van der Waals surface area contributed by atoms with Crippen molar-refractivity contribution < 1.29 is 9.50 Å². The molecule has 1 aromatic rings. The molecule has 0 heterocycles. The summed E-state index contributed by atoms with van der Waals surface area (Å²) in [6.45, 7) is -0.0275. The van der Waals surface area contributed by atoms with Gasteiger partial charge in [0.25, 0.3) is 0 Å². The minimum atomic E-state index is -0.271. The van der Waals surface area contributed by atoms with Gasteiger partial charge in [-0.2, -0.15) is 0 Å². The van der Waals surface area contributed by atoms with E-state index in [0.29, 0.717) is 0 Å². The highest BCUT2D eigenvalue weighted by atomic mass is 19.1. The maximum Gasteiger partial charge on any atom is 0.123 e. The van der Waals surface area contributed by atoms with E-state index in [1.165, 1.54) is 12.1 Å². The fourth-order valence-electron chi connectivity index (χ4n) is 0.590. The monoisotopic (exact) mass is 142 g/mol. The first-order chi connectivity index (χ1) is 4.33. The standard InChI is InChI=1S/C7H7FO.CH4/c8-7-3-1-6(5-9)2-4-7;/h1-4,9H,5H2;1H4. The summed E-state index contributed by atoms with van der Waals surface area (Å²) in [6.07, 6.45) is 0. The SMILES string of the molecule is C.OCc1ccc(F)cc1. The quantitative estimate of drug-likeness (QED) is 0.635. The molecule has 0 fully saturated rings. The molecule has 0 unspecified atom stereocenters. The molecule has 0 saturated carbocycles. The molecule has 0 aliphatic rings. The minimum Gasteiger partial charge on any atom is -0.392 e. The highest BCUT2D eigenvalue weighted by Gasteiger charge is 1.88. The molecule has 0 saturated heterocycles. The molecule has 0 aliphatic heterocycles. The highest BCUT2D eigenvalue weighted by molar-refractivity contribution is 5.14. The molecule has 1 aromatic carbocycles. The summed E-state index contributed by atoms with van der Waals surface area (Å²) >= 11 is 0. The van der Waals surface area contributed by atoms with Crippen LogP contribution in [-0.2, 0) is 6.61 Å². The largest absolute Gasteiger partial charge is 0.392 e. The third-order valence-electron chi connectivity index (χ3n) is 1.10. The fourth-order valence-corrected chi connectivity index (χ4v) is 0.590. The molecule has 10 heavy (non-hydrogen) atoms. The maximum atomic E-state index is 12.1. The van der Waals surface area contributed by atoms with Gasteiger partial charge in [0.05, 0.1) is 6.61 Å². The Labute approximate surface area is 60.1 Å². The van der Waals surface area contributed by atoms with Gasteiger partial charge in [0, 0.05) is 0 Å². The summed E-state index contributed by atoms with van der Waals surface area (Å²) in [6, 6.07) is 5.75. The van der Waals surface area contributed by atoms with E-state index in [-0.39, 0.29) is 19.9 Å². The van der Waals surface area contributed by atoms with Gasteiger partial charge in [-0.25, -0.2) is 4.39 Å². The third kappa shape index (κ3) is 2.15. The molecule has 0 radical (unpaired) electrons. The Morgan fingerprint density at radius 1 is 1.20 bits per heavy atom. The second kappa shape index (κ2) is 4.01. The average molecular weight is 142 g/mol. The van der Waals surface area contributed by atoms with Crippen LogP contribution in [0, 0.1) is 5.82 Å². The summed E-state index contributed by atoms with van der Waals surface area (Å²) in [5, 5.41) is 8.51. The molecule has 0 aliphatic carbocycles. The lowest BCUT2D eigenvalue weighted by Gasteiger charge is -1.91. The molecule has 1 rings (SSSR count). The van der Waals surface area contributed by atoms with E-state index in [1.54, 1.807) is 12.1 Å². The lowest BCUT2D eigenvalue weighted by Crippen LogP contribution is -1.81. The van der Waals surface area contributed by atoms with Crippen LogP contribution in [-0.4, -0.2) is 5.11 Å².